The van der Waals surface area contributed by atoms with E-state index in [1.54, 1.807) is 0 Å². The highest BCUT2D eigenvalue weighted by atomic mass is 16.6. The minimum atomic E-state index is -0.425. The second-order valence-electron chi connectivity index (χ2n) is 26.3. The average molecular weight is 1200 g/mol. The van der Waals surface area contributed by atoms with Gasteiger partial charge in [-0.1, -0.05) is 169 Å². The number of carbonyl (C=O) groups is 5. The molecule has 3 aliphatic carbocycles. The Morgan fingerprint density at radius 2 is 0.929 bits per heavy atom. The van der Waals surface area contributed by atoms with Crippen molar-refractivity contribution < 1.29 is 71.3 Å². The van der Waals surface area contributed by atoms with Crippen LogP contribution in [0.25, 0.3) is 0 Å². The molecule has 15 heteroatoms. The van der Waals surface area contributed by atoms with Crippen molar-refractivity contribution in [1.82, 2.24) is 0 Å². The van der Waals surface area contributed by atoms with Crippen molar-refractivity contribution in [3.63, 3.8) is 0 Å². The van der Waals surface area contributed by atoms with Gasteiger partial charge in [0.25, 0.3) is 0 Å². The van der Waals surface area contributed by atoms with Crippen LogP contribution in [0, 0.1) is 35.5 Å². The summed E-state index contributed by atoms with van der Waals surface area (Å²) in [6, 6.07) is 0. The van der Waals surface area contributed by atoms with E-state index in [-0.39, 0.29) is 48.0 Å². The molecule has 0 radical (unpaired) electrons. The van der Waals surface area contributed by atoms with E-state index in [0.29, 0.717) is 113 Å². The first kappa shape index (κ1) is 72.9. The normalized spacial score (nSPS) is 28.4. The molecule has 0 spiro atoms. The van der Waals surface area contributed by atoms with E-state index in [1.807, 2.05) is 6.92 Å². The van der Waals surface area contributed by atoms with Crippen LogP contribution < -0.4 is 0 Å². The summed E-state index contributed by atoms with van der Waals surface area (Å²) in [6.07, 6.45) is 45.8. The molecule has 3 saturated carbocycles. The Morgan fingerprint density at radius 1 is 0.447 bits per heavy atom. The molecule has 8 aliphatic rings. The Morgan fingerprint density at radius 3 is 1.44 bits per heavy atom. The van der Waals surface area contributed by atoms with Gasteiger partial charge in [-0.2, -0.15) is 0 Å². The lowest BCUT2D eigenvalue weighted by Gasteiger charge is -2.27. The van der Waals surface area contributed by atoms with Gasteiger partial charge in [0.1, 0.15) is 0 Å². The van der Waals surface area contributed by atoms with Crippen molar-refractivity contribution in [2.24, 2.45) is 35.5 Å². The first-order chi connectivity index (χ1) is 41.4. The van der Waals surface area contributed by atoms with Crippen molar-refractivity contribution in [1.29, 1.82) is 0 Å². The molecular weight excluding hydrogens is 1080 g/mol. The van der Waals surface area contributed by atoms with Crippen LogP contribution in [0.4, 0.5) is 0 Å². The largest absolute Gasteiger partial charge is 0.466 e. The SMILES string of the molecule is CCCCC(CC)COC(=O)C1CC2OC2CC1C(=O)OCC(CC)CCCC.CCCCCCCCC1OC1CCCCCCCCOC(C)=O.CCOC(=O)CCCCCCCC1CO1.O=C(OCC1CCC2OC2C1)C1CCC2OC2C1. The Hall–Kier alpha value is -2.85. The van der Waals surface area contributed by atoms with Gasteiger partial charge in [0.05, 0.1) is 112 Å². The molecule has 15 atom stereocenters. The molecule has 85 heavy (non-hydrogen) atoms. The second kappa shape index (κ2) is 43.0. The van der Waals surface area contributed by atoms with Gasteiger partial charge < -0.3 is 47.4 Å². The number of esters is 5. The number of unbranched alkanes of at least 4 members (excludes halogenated alkanes) is 16. The fraction of sp³-hybridized carbons (Fsp3) is 0.929. The van der Waals surface area contributed by atoms with E-state index in [9.17, 15) is 24.0 Å². The van der Waals surface area contributed by atoms with E-state index in [1.165, 1.54) is 116 Å². The molecule has 0 aromatic carbocycles. The van der Waals surface area contributed by atoms with Gasteiger partial charge in [-0.25, -0.2) is 0 Å². The van der Waals surface area contributed by atoms with E-state index in [2.05, 4.69) is 34.6 Å². The van der Waals surface area contributed by atoms with E-state index in [0.717, 1.165) is 116 Å². The van der Waals surface area contributed by atoms with Crippen LogP contribution in [0.5, 0.6) is 0 Å². The lowest BCUT2D eigenvalue weighted by molar-refractivity contribution is -0.163. The number of ether oxygens (including phenoxy) is 10. The lowest BCUT2D eigenvalue weighted by atomic mass is 9.79. The maximum Gasteiger partial charge on any atom is 0.309 e. The van der Waals surface area contributed by atoms with Crippen LogP contribution in [-0.4, -0.2) is 124 Å². The number of fused-ring (bicyclic) bond motifs is 3. The number of epoxide rings is 5. The highest BCUT2D eigenvalue weighted by Crippen LogP contribution is 2.45. The fourth-order valence-electron chi connectivity index (χ4n) is 12.8. The van der Waals surface area contributed by atoms with E-state index < -0.39 is 11.8 Å². The monoisotopic (exact) mass is 1200 g/mol. The number of carbonyl (C=O) groups excluding carboxylic acids is 5. The first-order valence-corrected chi connectivity index (χ1v) is 35.4. The molecule has 5 heterocycles. The summed E-state index contributed by atoms with van der Waals surface area (Å²) in [5.74, 6) is -0.132. The van der Waals surface area contributed by atoms with E-state index >= 15 is 0 Å². The van der Waals surface area contributed by atoms with Crippen LogP contribution in [0.2, 0.25) is 0 Å². The van der Waals surface area contributed by atoms with Gasteiger partial charge in [-0.3, -0.25) is 24.0 Å². The molecule has 8 rings (SSSR count). The average Bonchev–Trinajstić information content (AvgIpc) is 3.27. The van der Waals surface area contributed by atoms with Crippen LogP contribution in [0.3, 0.4) is 0 Å². The van der Waals surface area contributed by atoms with Crippen LogP contribution in [0.1, 0.15) is 286 Å². The van der Waals surface area contributed by atoms with Crippen molar-refractivity contribution in [2.75, 3.05) is 39.6 Å². The summed E-state index contributed by atoms with van der Waals surface area (Å²) in [5.41, 5.74) is 0. The highest BCUT2D eigenvalue weighted by Gasteiger charge is 2.54. The Kier molecular flexibility index (Phi) is 36.8. The van der Waals surface area contributed by atoms with Crippen LogP contribution in [0.15, 0.2) is 0 Å². The third-order valence-corrected chi connectivity index (χ3v) is 19.0. The topological polar surface area (TPSA) is 194 Å². The maximum atomic E-state index is 12.8. The summed E-state index contributed by atoms with van der Waals surface area (Å²) in [6.45, 7) is 17.8. The quantitative estimate of drug-likeness (QED) is 0.0242. The predicted molar refractivity (Wildman–Crippen MR) is 331 cm³/mol. The molecule has 0 amide bonds. The highest BCUT2D eigenvalue weighted by molar-refractivity contribution is 5.82. The molecule has 15 unspecified atom stereocenters. The summed E-state index contributed by atoms with van der Waals surface area (Å²) in [5, 5.41) is 0. The molecule has 0 aromatic heterocycles. The zero-order chi connectivity index (χ0) is 61.0. The number of rotatable bonds is 42. The molecule has 5 aliphatic heterocycles. The molecule has 8 fully saturated rings. The summed E-state index contributed by atoms with van der Waals surface area (Å²) in [7, 11) is 0. The van der Waals surface area contributed by atoms with Crippen molar-refractivity contribution in [2.45, 2.75) is 341 Å². The zero-order valence-corrected chi connectivity index (χ0v) is 54.7. The standard InChI is InChI=1S/C24H42O5.C20H38O3.C14H20O4.C12H22O3/c1-5-9-11-17(7-3)15-27-23(25)19-13-21-22(29-21)14-20(19)24(26)28-16-18(8-4)12-10-6-2;1-3-4-5-6-9-12-15-19-20(23-19)16-13-10-7-8-11-14-17-22-18(2)21;15-14(9-2-4-11-13(6-9)18-11)16-7-8-1-3-10-12(5-8)17-10;1-2-14-12(13)9-7-5-3-4-6-8-11-10-15-11/h17-22H,5-16H2,1-4H3;19-20H,3-17H2,1-2H3;8-13H,1-7H2;11H,2-10H2,1H3. The van der Waals surface area contributed by atoms with Gasteiger partial charge in [0, 0.05) is 13.3 Å². The van der Waals surface area contributed by atoms with Crippen LogP contribution >= 0.6 is 0 Å². The van der Waals surface area contributed by atoms with Gasteiger partial charge in [0.15, 0.2) is 0 Å². The molecule has 0 aromatic rings. The molecular formula is C70H122O15. The summed E-state index contributed by atoms with van der Waals surface area (Å²) < 4.78 is 54.1. The van der Waals surface area contributed by atoms with E-state index in [4.69, 9.17) is 47.4 Å². The van der Waals surface area contributed by atoms with Crippen molar-refractivity contribution >= 4 is 29.8 Å². The lowest BCUT2D eigenvalue weighted by Crippen LogP contribution is -2.38. The van der Waals surface area contributed by atoms with Gasteiger partial charge in [-0.15, -0.1) is 0 Å². The second-order valence-corrected chi connectivity index (χ2v) is 26.3. The molecule has 5 saturated heterocycles. The van der Waals surface area contributed by atoms with Crippen molar-refractivity contribution in [3.05, 3.63) is 0 Å². The predicted octanol–water partition coefficient (Wildman–Crippen LogP) is 15.4. The van der Waals surface area contributed by atoms with Gasteiger partial charge in [0.2, 0.25) is 0 Å². The maximum absolute atomic E-state index is 12.8. The minimum absolute atomic E-state index is 0.00258. The van der Waals surface area contributed by atoms with Gasteiger partial charge >= 0.3 is 29.8 Å². The Labute approximate surface area is 515 Å². The first-order valence-electron chi connectivity index (χ1n) is 35.4. The minimum Gasteiger partial charge on any atom is -0.466 e. The smallest absolute Gasteiger partial charge is 0.309 e. The molecule has 0 bridgehead atoms. The van der Waals surface area contributed by atoms with Crippen LogP contribution in [-0.2, 0) is 71.3 Å². The zero-order valence-electron chi connectivity index (χ0n) is 54.7. The Balaban J connectivity index is 0.000000213. The summed E-state index contributed by atoms with van der Waals surface area (Å²) >= 11 is 0. The molecule has 15 nitrogen and oxygen atoms in total. The van der Waals surface area contributed by atoms with Gasteiger partial charge in [-0.05, 0) is 121 Å². The third kappa shape index (κ3) is 31.9. The molecule has 0 N–H and O–H groups in total. The third-order valence-electron chi connectivity index (χ3n) is 19.0. The van der Waals surface area contributed by atoms with Crippen molar-refractivity contribution in [3.8, 4) is 0 Å². The summed E-state index contributed by atoms with van der Waals surface area (Å²) in [4.78, 5) is 59.2. The number of hydrogen-bond donors (Lipinski definition) is 0. The molecule has 492 valence electrons. The Bertz CT molecular complexity index is 1780. The number of hydrogen-bond acceptors (Lipinski definition) is 15. The fourth-order valence-corrected chi connectivity index (χ4v) is 12.8.